The van der Waals surface area contributed by atoms with Crippen LogP contribution in [0.5, 0.6) is 5.75 Å². The number of hydrogen-bond acceptors (Lipinski definition) is 4. The SMILES string of the molecule is CN(N)c1cccc(OC(F)F)c1CO. The van der Waals surface area contributed by atoms with Gasteiger partial charge in [-0.3, -0.25) is 0 Å². The molecule has 0 aliphatic carbocycles. The molecule has 0 aliphatic rings. The highest BCUT2D eigenvalue weighted by Crippen LogP contribution is 2.28. The van der Waals surface area contributed by atoms with Crippen LogP contribution in [-0.4, -0.2) is 18.8 Å². The summed E-state index contributed by atoms with van der Waals surface area (Å²) in [6, 6.07) is 4.48. The van der Waals surface area contributed by atoms with Gasteiger partial charge < -0.3 is 14.9 Å². The maximum absolute atomic E-state index is 12.0. The largest absolute Gasteiger partial charge is 0.434 e. The monoisotopic (exact) mass is 218 g/mol. The van der Waals surface area contributed by atoms with Crippen molar-refractivity contribution in [3.8, 4) is 5.75 Å². The van der Waals surface area contributed by atoms with E-state index in [0.29, 0.717) is 5.69 Å². The molecule has 6 heteroatoms. The molecule has 0 bridgehead atoms. The van der Waals surface area contributed by atoms with Gasteiger partial charge in [0.25, 0.3) is 0 Å². The summed E-state index contributed by atoms with van der Waals surface area (Å²) in [6.45, 7) is -3.34. The van der Waals surface area contributed by atoms with E-state index in [2.05, 4.69) is 4.74 Å². The number of anilines is 1. The van der Waals surface area contributed by atoms with E-state index in [1.807, 2.05) is 0 Å². The molecule has 0 fully saturated rings. The van der Waals surface area contributed by atoms with E-state index in [0.717, 1.165) is 0 Å². The molecule has 0 radical (unpaired) electrons. The molecule has 0 unspecified atom stereocenters. The summed E-state index contributed by atoms with van der Waals surface area (Å²) in [4.78, 5) is 0. The van der Waals surface area contributed by atoms with Crippen molar-refractivity contribution in [3.63, 3.8) is 0 Å². The molecule has 3 N–H and O–H groups in total. The fourth-order valence-electron chi connectivity index (χ4n) is 1.25. The zero-order valence-corrected chi connectivity index (χ0v) is 8.15. The molecule has 0 amide bonds. The Balaban J connectivity index is 3.10. The summed E-state index contributed by atoms with van der Waals surface area (Å²) >= 11 is 0. The number of alkyl halides is 2. The Bertz CT molecular complexity index is 332. The maximum atomic E-state index is 12.0. The molecule has 0 aliphatic heterocycles. The third kappa shape index (κ3) is 2.77. The fourth-order valence-corrected chi connectivity index (χ4v) is 1.25. The van der Waals surface area contributed by atoms with Crippen molar-refractivity contribution in [1.82, 2.24) is 0 Å². The minimum atomic E-state index is -2.92. The topological polar surface area (TPSA) is 58.7 Å². The van der Waals surface area contributed by atoms with Gasteiger partial charge >= 0.3 is 6.61 Å². The van der Waals surface area contributed by atoms with Crippen molar-refractivity contribution < 1.29 is 18.6 Å². The fraction of sp³-hybridized carbons (Fsp3) is 0.333. The lowest BCUT2D eigenvalue weighted by Gasteiger charge is -2.18. The highest BCUT2D eigenvalue weighted by atomic mass is 19.3. The first-order valence-corrected chi connectivity index (χ1v) is 4.22. The van der Waals surface area contributed by atoms with Gasteiger partial charge in [-0.25, -0.2) is 5.84 Å². The number of ether oxygens (including phenoxy) is 1. The maximum Gasteiger partial charge on any atom is 0.387 e. The summed E-state index contributed by atoms with van der Waals surface area (Å²) in [5, 5.41) is 10.3. The minimum absolute atomic E-state index is 0.0673. The van der Waals surface area contributed by atoms with Crippen LogP contribution in [0.2, 0.25) is 0 Å². The number of hydrazine groups is 1. The minimum Gasteiger partial charge on any atom is -0.434 e. The molecule has 0 heterocycles. The van der Waals surface area contributed by atoms with Crippen LogP contribution < -0.4 is 15.6 Å². The van der Waals surface area contributed by atoms with E-state index in [-0.39, 0.29) is 11.3 Å². The van der Waals surface area contributed by atoms with E-state index in [1.165, 1.54) is 17.1 Å². The highest BCUT2D eigenvalue weighted by molar-refractivity contribution is 5.57. The highest BCUT2D eigenvalue weighted by Gasteiger charge is 2.13. The van der Waals surface area contributed by atoms with Crippen molar-refractivity contribution in [2.24, 2.45) is 5.84 Å². The van der Waals surface area contributed by atoms with Crippen LogP contribution in [0.3, 0.4) is 0 Å². The molecule has 84 valence electrons. The molecule has 1 rings (SSSR count). The summed E-state index contributed by atoms with van der Waals surface area (Å²) in [6.07, 6.45) is 0. The van der Waals surface area contributed by atoms with Crippen LogP contribution in [0, 0.1) is 0 Å². The smallest absolute Gasteiger partial charge is 0.387 e. The summed E-state index contributed by atoms with van der Waals surface area (Å²) in [5.41, 5.74) is 0.679. The van der Waals surface area contributed by atoms with Gasteiger partial charge in [-0.05, 0) is 12.1 Å². The Labute approximate surface area is 85.8 Å². The predicted octanol–water partition coefficient (Wildman–Crippen LogP) is 1.09. The number of nitrogens with zero attached hydrogens (tertiary/aromatic N) is 1. The Hall–Kier alpha value is -1.40. The first-order chi connectivity index (χ1) is 7.06. The van der Waals surface area contributed by atoms with Gasteiger partial charge in [0, 0.05) is 12.6 Å². The first kappa shape index (κ1) is 11.7. The standard InChI is InChI=1S/C9H12F2N2O2/c1-13(12)7-3-2-4-8(6(7)5-14)15-9(10)11/h2-4,9,14H,5,12H2,1H3. The molecular formula is C9H12F2N2O2. The number of halogens is 2. The van der Waals surface area contributed by atoms with Crippen LogP contribution in [0.4, 0.5) is 14.5 Å². The lowest BCUT2D eigenvalue weighted by Crippen LogP contribution is -2.26. The van der Waals surface area contributed by atoms with E-state index < -0.39 is 13.2 Å². The van der Waals surface area contributed by atoms with Gasteiger partial charge in [-0.1, -0.05) is 6.07 Å². The number of hydrogen-bond donors (Lipinski definition) is 2. The summed E-state index contributed by atoms with van der Waals surface area (Å²) in [5.74, 6) is 5.40. The van der Waals surface area contributed by atoms with Crippen LogP contribution >= 0.6 is 0 Å². The van der Waals surface area contributed by atoms with Gasteiger partial charge in [0.05, 0.1) is 12.3 Å². The Morgan fingerprint density at radius 3 is 2.67 bits per heavy atom. The van der Waals surface area contributed by atoms with Crippen LogP contribution in [-0.2, 0) is 6.61 Å². The zero-order valence-electron chi connectivity index (χ0n) is 8.15. The zero-order chi connectivity index (χ0) is 11.4. The van der Waals surface area contributed by atoms with E-state index in [1.54, 1.807) is 13.1 Å². The first-order valence-electron chi connectivity index (χ1n) is 4.22. The molecule has 4 nitrogen and oxygen atoms in total. The summed E-state index contributed by atoms with van der Waals surface area (Å²) in [7, 11) is 1.54. The normalized spacial score (nSPS) is 10.5. The third-order valence-corrected chi connectivity index (χ3v) is 1.86. The van der Waals surface area contributed by atoms with E-state index >= 15 is 0 Å². The van der Waals surface area contributed by atoms with E-state index in [4.69, 9.17) is 10.9 Å². The van der Waals surface area contributed by atoms with Gasteiger partial charge in [0.15, 0.2) is 0 Å². The van der Waals surface area contributed by atoms with Crippen molar-refractivity contribution in [2.75, 3.05) is 12.1 Å². The van der Waals surface area contributed by atoms with Crippen LogP contribution in [0.1, 0.15) is 5.56 Å². The number of aliphatic hydroxyl groups is 1. The van der Waals surface area contributed by atoms with Crippen LogP contribution in [0.15, 0.2) is 18.2 Å². The molecular weight excluding hydrogens is 206 g/mol. The van der Waals surface area contributed by atoms with Gasteiger partial charge in [0.1, 0.15) is 5.75 Å². The van der Waals surface area contributed by atoms with Gasteiger partial charge in [-0.15, -0.1) is 0 Å². The predicted molar refractivity (Wildman–Crippen MR) is 51.6 cm³/mol. The Morgan fingerprint density at radius 2 is 2.20 bits per heavy atom. The average molecular weight is 218 g/mol. The second-order valence-electron chi connectivity index (χ2n) is 2.90. The van der Waals surface area contributed by atoms with E-state index in [9.17, 15) is 8.78 Å². The number of rotatable bonds is 4. The molecule has 0 aromatic heterocycles. The molecule has 1 aromatic carbocycles. The number of nitrogens with two attached hydrogens (primary N) is 1. The van der Waals surface area contributed by atoms with Crippen molar-refractivity contribution in [2.45, 2.75) is 13.2 Å². The average Bonchev–Trinajstić information content (AvgIpc) is 2.16. The molecule has 0 saturated carbocycles. The van der Waals surface area contributed by atoms with Crippen LogP contribution in [0.25, 0.3) is 0 Å². The van der Waals surface area contributed by atoms with Crippen molar-refractivity contribution >= 4 is 5.69 Å². The van der Waals surface area contributed by atoms with Crippen molar-refractivity contribution in [1.29, 1.82) is 0 Å². The Kier molecular flexibility index (Phi) is 3.81. The van der Waals surface area contributed by atoms with Gasteiger partial charge in [-0.2, -0.15) is 8.78 Å². The number of benzene rings is 1. The quantitative estimate of drug-likeness (QED) is 0.586. The second-order valence-corrected chi connectivity index (χ2v) is 2.90. The molecule has 0 atom stereocenters. The molecule has 0 spiro atoms. The number of aliphatic hydroxyl groups excluding tert-OH is 1. The molecule has 15 heavy (non-hydrogen) atoms. The lowest BCUT2D eigenvalue weighted by atomic mass is 10.1. The molecule has 0 saturated heterocycles. The van der Waals surface area contributed by atoms with Gasteiger partial charge in [0.2, 0.25) is 0 Å². The molecule has 1 aromatic rings. The van der Waals surface area contributed by atoms with Crippen molar-refractivity contribution in [3.05, 3.63) is 23.8 Å². The summed E-state index contributed by atoms with van der Waals surface area (Å²) < 4.78 is 28.3. The Morgan fingerprint density at radius 1 is 1.53 bits per heavy atom. The third-order valence-electron chi connectivity index (χ3n) is 1.86. The lowest BCUT2D eigenvalue weighted by molar-refractivity contribution is -0.0508. The second kappa shape index (κ2) is 4.90.